The molecule has 2 heterocycles. The molecule has 2 aromatic heterocycles. The Kier molecular flexibility index (Phi) is 4.06. The second-order valence-corrected chi connectivity index (χ2v) is 5.60. The zero-order valence-electron chi connectivity index (χ0n) is 14.1. The highest BCUT2D eigenvalue weighted by molar-refractivity contribution is 5.72. The van der Waals surface area contributed by atoms with Gasteiger partial charge in [-0.05, 0) is 22.6 Å². The molecule has 11 heteroatoms. The Balaban J connectivity index is 2.29. The molecule has 0 aliphatic carbocycles. The van der Waals surface area contributed by atoms with Crippen LogP contribution in [0.5, 0.6) is 5.75 Å². The van der Waals surface area contributed by atoms with E-state index in [2.05, 4.69) is 4.98 Å². The summed E-state index contributed by atoms with van der Waals surface area (Å²) in [5.41, 5.74) is -1.25. The first-order chi connectivity index (χ1) is 12.3. The Morgan fingerprint density at radius 1 is 1.27 bits per heavy atom. The van der Waals surface area contributed by atoms with Crippen molar-refractivity contribution >= 4 is 17.1 Å². The Bertz CT molecular complexity index is 1160. The van der Waals surface area contributed by atoms with E-state index in [1.54, 1.807) is 0 Å². The molecule has 0 spiro atoms. The smallest absolute Gasteiger partial charge is 0.437 e. The predicted octanol–water partition coefficient (Wildman–Crippen LogP) is 0.538. The predicted molar refractivity (Wildman–Crippen MR) is 88.9 cm³/mol. The van der Waals surface area contributed by atoms with Crippen LogP contribution in [-0.4, -0.2) is 30.7 Å². The maximum Gasteiger partial charge on any atom is 0.437 e. The molecule has 0 fully saturated rings. The van der Waals surface area contributed by atoms with Gasteiger partial charge < -0.3 is 14.9 Å². The van der Waals surface area contributed by atoms with Crippen LogP contribution >= 0.6 is 0 Å². The summed E-state index contributed by atoms with van der Waals surface area (Å²) in [5.74, 6) is -1.23. The molecule has 3 rings (SSSR count). The van der Waals surface area contributed by atoms with E-state index in [1.165, 1.54) is 33.3 Å². The number of halogens is 1. The van der Waals surface area contributed by atoms with E-state index >= 15 is 0 Å². The lowest BCUT2D eigenvalue weighted by atomic mass is 10.2. The van der Waals surface area contributed by atoms with Gasteiger partial charge in [0.25, 0.3) is 5.52 Å². The number of nitro groups is 1. The van der Waals surface area contributed by atoms with E-state index in [9.17, 15) is 24.1 Å². The van der Waals surface area contributed by atoms with Crippen molar-refractivity contribution in [1.29, 1.82) is 0 Å². The lowest BCUT2D eigenvalue weighted by Gasteiger charge is -2.08. The zero-order valence-corrected chi connectivity index (χ0v) is 14.1. The molecule has 10 nitrogen and oxygen atoms in total. The third kappa shape index (κ3) is 2.53. The van der Waals surface area contributed by atoms with Crippen LogP contribution in [0.2, 0.25) is 0 Å². The first-order valence-electron chi connectivity index (χ1n) is 7.39. The average Bonchev–Trinajstić information content (AvgIpc) is 2.98. The van der Waals surface area contributed by atoms with Gasteiger partial charge in [-0.25, -0.2) is 13.8 Å². The monoisotopic (exact) mass is 363 g/mol. The lowest BCUT2D eigenvalue weighted by molar-refractivity contribution is -0.396. The van der Waals surface area contributed by atoms with Crippen molar-refractivity contribution in [2.24, 2.45) is 14.1 Å². The van der Waals surface area contributed by atoms with Crippen LogP contribution in [0.15, 0.2) is 27.8 Å². The number of hydrogen-bond donors (Lipinski definition) is 0. The van der Waals surface area contributed by atoms with E-state index in [0.717, 1.165) is 19.8 Å². The van der Waals surface area contributed by atoms with Crippen molar-refractivity contribution in [3.05, 3.63) is 60.5 Å². The largest absolute Gasteiger partial charge is 0.494 e. The number of methoxy groups -OCH3 is 1. The molecule has 26 heavy (non-hydrogen) atoms. The van der Waals surface area contributed by atoms with Crippen LogP contribution in [0.25, 0.3) is 11.2 Å². The fraction of sp³-hybridized carbons (Fsp3) is 0.267. The summed E-state index contributed by atoms with van der Waals surface area (Å²) >= 11 is 0. The van der Waals surface area contributed by atoms with Crippen LogP contribution in [-0.2, 0) is 20.6 Å². The van der Waals surface area contributed by atoms with E-state index in [-0.39, 0.29) is 23.5 Å². The number of nitrogens with zero attached hydrogens (tertiary/aromatic N) is 5. The number of aryl methyl sites for hydroxylation is 1. The lowest BCUT2D eigenvalue weighted by Crippen LogP contribution is -2.37. The number of hydrogen-bond acceptors (Lipinski definition) is 6. The summed E-state index contributed by atoms with van der Waals surface area (Å²) < 4.78 is 21.8. The minimum atomic E-state index is -0.760. The minimum absolute atomic E-state index is 0.0129. The second kappa shape index (κ2) is 6.10. The molecule has 0 N–H and O–H groups in total. The van der Waals surface area contributed by atoms with Crippen molar-refractivity contribution in [2.45, 2.75) is 6.54 Å². The number of aromatic nitrogens is 4. The first kappa shape index (κ1) is 17.3. The van der Waals surface area contributed by atoms with Crippen molar-refractivity contribution in [1.82, 2.24) is 18.7 Å². The van der Waals surface area contributed by atoms with Crippen LogP contribution in [0.1, 0.15) is 5.56 Å². The number of fused-ring (bicyclic) bond motifs is 1. The van der Waals surface area contributed by atoms with Gasteiger partial charge in [0.05, 0.1) is 13.7 Å². The van der Waals surface area contributed by atoms with Gasteiger partial charge in [0, 0.05) is 14.1 Å². The fourth-order valence-electron chi connectivity index (χ4n) is 2.75. The zero-order chi connectivity index (χ0) is 19.2. The van der Waals surface area contributed by atoms with Gasteiger partial charge >= 0.3 is 17.2 Å². The molecule has 136 valence electrons. The third-order valence-corrected chi connectivity index (χ3v) is 4.04. The van der Waals surface area contributed by atoms with Gasteiger partial charge in [0.15, 0.2) is 11.6 Å². The first-order valence-corrected chi connectivity index (χ1v) is 7.39. The molecule has 0 radical (unpaired) electrons. The molecule has 0 amide bonds. The summed E-state index contributed by atoms with van der Waals surface area (Å²) in [6, 6.07) is 4.07. The third-order valence-electron chi connectivity index (χ3n) is 4.04. The SMILES string of the molecule is COc1ccc(Cn2c([N+](=O)[O-])nc3c(=O)n(C)c(=O)n(C)c32)cc1F. The highest BCUT2D eigenvalue weighted by Crippen LogP contribution is 2.22. The summed E-state index contributed by atoms with van der Waals surface area (Å²) in [4.78, 5) is 38.8. The van der Waals surface area contributed by atoms with E-state index < -0.39 is 27.9 Å². The summed E-state index contributed by atoms with van der Waals surface area (Å²) in [6.45, 7) is -0.159. The maximum atomic E-state index is 13.9. The number of rotatable bonds is 4. The maximum absolute atomic E-state index is 13.9. The van der Waals surface area contributed by atoms with Crippen molar-refractivity contribution < 1.29 is 14.1 Å². The molecule has 0 aliphatic rings. The van der Waals surface area contributed by atoms with Gasteiger partial charge in [0.1, 0.15) is 0 Å². The topological polar surface area (TPSA) is 114 Å². The van der Waals surface area contributed by atoms with E-state index in [4.69, 9.17) is 4.74 Å². The Morgan fingerprint density at radius 3 is 2.54 bits per heavy atom. The number of imidazole rings is 1. The highest BCUT2D eigenvalue weighted by Gasteiger charge is 2.28. The van der Waals surface area contributed by atoms with E-state index in [1.807, 2.05) is 0 Å². The molecular formula is C15H14FN5O5. The molecule has 0 saturated heterocycles. The molecule has 0 bridgehead atoms. The summed E-state index contributed by atoms with van der Waals surface area (Å²) in [7, 11) is 3.95. The van der Waals surface area contributed by atoms with Crippen LogP contribution < -0.4 is 16.0 Å². The van der Waals surface area contributed by atoms with Gasteiger partial charge in [0.2, 0.25) is 5.65 Å². The van der Waals surface area contributed by atoms with Gasteiger partial charge in [-0.1, -0.05) is 11.1 Å². The van der Waals surface area contributed by atoms with Crippen molar-refractivity contribution in [2.75, 3.05) is 7.11 Å². The molecular weight excluding hydrogens is 349 g/mol. The quantitative estimate of drug-likeness (QED) is 0.494. The number of benzene rings is 1. The Labute approximate surface area is 144 Å². The van der Waals surface area contributed by atoms with Gasteiger partial charge in [-0.2, -0.15) is 0 Å². The van der Waals surface area contributed by atoms with Crippen molar-refractivity contribution in [3.63, 3.8) is 0 Å². The average molecular weight is 363 g/mol. The molecule has 1 aromatic carbocycles. The van der Waals surface area contributed by atoms with Gasteiger partial charge in [-0.15, -0.1) is 0 Å². The summed E-state index contributed by atoms with van der Waals surface area (Å²) in [6.07, 6.45) is 0. The molecule has 0 aliphatic heterocycles. The molecule has 0 atom stereocenters. The molecule has 3 aromatic rings. The molecule has 0 saturated carbocycles. The van der Waals surface area contributed by atoms with Crippen LogP contribution in [0.4, 0.5) is 10.3 Å². The Morgan fingerprint density at radius 2 is 1.96 bits per heavy atom. The van der Waals surface area contributed by atoms with Gasteiger partial charge in [-0.3, -0.25) is 13.9 Å². The Hall–Kier alpha value is -3.50. The fourth-order valence-corrected chi connectivity index (χ4v) is 2.75. The van der Waals surface area contributed by atoms with E-state index in [0.29, 0.717) is 5.56 Å². The molecule has 0 unspecified atom stereocenters. The number of ether oxygens (including phenoxy) is 1. The standard InChI is InChI=1S/C15H14FN5O5/c1-18-12-11(13(22)19(2)15(18)23)17-14(21(24)25)20(12)7-8-4-5-10(26-3)9(16)6-8/h4-6H,7H2,1-3H3. The second-order valence-electron chi connectivity index (χ2n) is 5.60. The van der Waals surface area contributed by atoms with Crippen molar-refractivity contribution in [3.8, 4) is 5.75 Å². The minimum Gasteiger partial charge on any atom is -0.494 e. The summed E-state index contributed by atoms with van der Waals surface area (Å²) in [5, 5.41) is 11.4. The van der Waals surface area contributed by atoms with Crippen LogP contribution in [0, 0.1) is 15.9 Å². The normalized spacial score (nSPS) is 11.1. The highest BCUT2D eigenvalue weighted by atomic mass is 19.1. The van der Waals surface area contributed by atoms with Crippen LogP contribution in [0.3, 0.4) is 0 Å².